The molecule has 0 aliphatic rings. The summed E-state index contributed by atoms with van der Waals surface area (Å²) in [4.78, 5) is 14.5. The van der Waals surface area contributed by atoms with E-state index in [0.717, 1.165) is 21.2 Å². The van der Waals surface area contributed by atoms with Crippen molar-refractivity contribution in [3.05, 3.63) is 73.6 Å². The minimum Gasteiger partial charge on any atom is -0.495 e. The average molecular weight is 551 g/mol. The minimum atomic E-state index is -0.290. The summed E-state index contributed by atoms with van der Waals surface area (Å²) in [7, 11) is 1.52. The monoisotopic (exact) mass is 548 g/mol. The SMILES string of the molecule is COc1c(Br)cc(Br)cc1C(=O)Nc1cc2nn(-c3ccc(Cl)cc3)nc2cc1C. The molecule has 0 radical (unpaired) electrons. The third-order valence-corrected chi connectivity index (χ3v) is 5.79. The summed E-state index contributed by atoms with van der Waals surface area (Å²) in [6, 6.07) is 14.5. The second-order valence-electron chi connectivity index (χ2n) is 6.54. The quantitative estimate of drug-likeness (QED) is 0.330. The van der Waals surface area contributed by atoms with Crippen molar-refractivity contribution in [2.24, 2.45) is 0 Å². The molecule has 1 aromatic heterocycles. The van der Waals surface area contributed by atoms with Gasteiger partial charge in [-0.2, -0.15) is 4.80 Å². The van der Waals surface area contributed by atoms with Gasteiger partial charge in [-0.3, -0.25) is 4.79 Å². The molecule has 0 bridgehead atoms. The summed E-state index contributed by atoms with van der Waals surface area (Å²) in [5, 5.41) is 12.6. The normalized spacial score (nSPS) is 11.0. The van der Waals surface area contributed by atoms with Crippen LogP contribution in [0.2, 0.25) is 5.02 Å². The van der Waals surface area contributed by atoms with E-state index in [0.29, 0.717) is 32.0 Å². The molecule has 1 amide bonds. The van der Waals surface area contributed by atoms with Gasteiger partial charge in [0.15, 0.2) is 0 Å². The Kier molecular flexibility index (Phi) is 5.81. The Morgan fingerprint density at radius 2 is 1.73 bits per heavy atom. The molecule has 6 nitrogen and oxygen atoms in total. The zero-order chi connectivity index (χ0) is 21.4. The number of ether oxygens (including phenoxy) is 1. The van der Waals surface area contributed by atoms with Crippen molar-refractivity contribution >= 4 is 66.1 Å². The number of fused-ring (bicyclic) bond motifs is 1. The minimum absolute atomic E-state index is 0.290. The summed E-state index contributed by atoms with van der Waals surface area (Å²) in [6.07, 6.45) is 0. The van der Waals surface area contributed by atoms with Crippen molar-refractivity contribution in [3.8, 4) is 11.4 Å². The second kappa shape index (κ2) is 8.37. The number of methoxy groups -OCH3 is 1. The average Bonchev–Trinajstić information content (AvgIpc) is 3.10. The molecule has 4 aromatic rings. The Labute approximate surface area is 194 Å². The van der Waals surface area contributed by atoms with Crippen LogP contribution in [0.15, 0.2) is 57.5 Å². The van der Waals surface area contributed by atoms with Crippen LogP contribution in [0, 0.1) is 6.92 Å². The Bertz CT molecular complexity index is 1270. The summed E-state index contributed by atoms with van der Waals surface area (Å²) >= 11 is 12.8. The highest BCUT2D eigenvalue weighted by molar-refractivity contribution is 9.11. The van der Waals surface area contributed by atoms with E-state index in [1.807, 2.05) is 37.3 Å². The fourth-order valence-corrected chi connectivity index (χ4v) is 4.53. The molecule has 0 unspecified atom stereocenters. The molecule has 30 heavy (non-hydrogen) atoms. The standard InChI is InChI=1S/C21H15Br2ClN4O2/c1-11-7-18-19(27-28(26-18)14-5-3-13(24)4-6-14)10-17(11)25-21(29)15-8-12(22)9-16(23)20(15)30-2/h3-10H,1-2H3,(H,25,29). The highest BCUT2D eigenvalue weighted by Crippen LogP contribution is 2.33. The van der Waals surface area contributed by atoms with Gasteiger partial charge < -0.3 is 10.1 Å². The molecule has 0 fully saturated rings. The molecule has 9 heteroatoms. The molecular formula is C21H15Br2ClN4O2. The maximum atomic E-state index is 13.0. The second-order valence-corrected chi connectivity index (χ2v) is 8.75. The highest BCUT2D eigenvalue weighted by Gasteiger charge is 2.18. The van der Waals surface area contributed by atoms with Crippen LogP contribution in [0.4, 0.5) is 5.69 Å². The van der Waals surface area contributed by atoms with Crippen LogP contribution in [0.3, 0.4) is 0 Å². The molecule has 0 aliphatic carbocycles. The van der Waals surface area contributed by atoms with Crippen LogP contribution in [0.1, 0.15) is 15.9 Å². The lowest BCUT2D eigenvalue weighted by molar-refractivity contribution is 0.102. The van der Waals surface area contributed by atoms with Gasteiger partial charge in [0.25, 0.3) is 5.91 Å². The number of halogens is 3. The van der Waals surface area contributed by atoms with Crippen molar-refractivity contribution in [3.63, 3.8) is 0 Å². The molecule has 0 saturated heterocycles. The van der Waals surface area contributed by atoms with Crippen LogP contribution >= 0.6 is 43.5 Å². The number of aromatic nitrogens is 3. The molecule has 3 aromatic carbocycles. The largest absolute Gasteiger partial charge is 0.495 e. The number of aryl methyl sites for hydroxylation is 1. The van der Waals surface area contributed by atoms with Crippen LogP contribution in [-0.2, 0) is 0 Å². The lowest BCUT2D eigenvalue weighted by Gasteiger charge is -2.13. The smallest absolute Gasteiger partial charge is 0.259 e. The van der Waals surface area contributed by atoms with Gasteiger partial charge in [0.1, 0.15) is 16.8 Å². The van der Waals surface area contributed by atoms with E-state index in [1.165, 1.54) is 7.11 Å². The van der Waals surface area contributed by atoms with E-state index >= 15 is 0 Å². The first-order valence-electron chi connectivity index (χ1n) is 8.84. The maximum Gasteiger partial charge on any atom is 0.259 e. The number of amides is 1. The van der Waals surface area contributed by atoms with Gasteiger partial charge in [-0.25, -0.2) is 0 Å². The maximum absolute atomic E-state index is 13.0. The van der Waals surface area contributed by atoms with Crippen molar-refractivity contribution in [2.45, 2.75) is 6.92 Å². The van der Waals surface area contributed by atoms with Gasteiger partial charge in [0.05, 0.1) is 22.8 Å². The molecule has 0 spiro atoms. The van der Waals surface area contributed by atoms with E-state index in [9.17, 15) is 4.79 Å². The van der Waals surface area contributed by atoms with Crippen molar-refractivity contribution in [2.75, 3.05) is 12.4 Å². The number of rotatable bonds is 4. The number of nitrogens with one attached hydrogen (secondary N) is 1. The number of carbonyl (C=O) groups is 1. The molecule has 0 aliphatic heterocycles. The first kappa shape index (κ1) is 20.8. The summed E-state index contributed by atoms with van der Waals surface area (Å²) in [5.74, 6) is 0.171. The van der Waals surface area contributed by atoms with Crippen LogP contribution < -0.4 is 10.1 Å². The zero-order valence-corrected chi connectivity index (χ0v) is 19.8. The fraction of sp³-hybridized carbons (Fsp3) is 0.0952. The third-order valence-electron chi connectivity index (χ3n) is 4.49. The fourth-order valence-electron chi connectivity index (χ4n) is 3.02. The first-order valence-corrected chi connectivity index (χ1v) is 10.8. The highest BCUT2D eigenvalue weighted by atomic mass is 79.9. The number of nitrogens with zero attached hydrogens (tertiary/aromatic N) is 3. The van der Waals surface area contributed by atoms with Crippen LogP contribution in [0.25, 0.3) is 16.7 Å². The predicted molar refractivity (Wildman–Crippen MR) is 125 cm³/mol. The van der Waals surface area contributed by atoms with E-state index < -0.39 is 0 Å². The van der Waals surface area contributed by atoms with E-state index in [2.05, 4.69) is 47.4 Å². The number of benzene rings is 3. The van der Waals surface area contributed by atoms with E-state index in [-0.39, 0.29) is 5.91 Å². The molecular weight excluding hydrogens is 536 g/mol. The van der Waals surface area contributed by atoms with Gasteiger partial charge in [-0.05, 0) is 76.9 Å². The number of carbonyl (C=O) groups excluding carboxylic acids is 1. The van der Waals surface area contributed by atoms with Crippen molar-refractivity contribution < 1.29 is 9.53 Å². The topological polar surface area (TPSA) is 69.0 Å². The number of hydrogen-bond acceptors (Lipinski definition) is 4. The summed E-state index contributed by atoms with van der Waals surface area (Å²) in [5.41, 5.74) is 4.10. The van der Waals surface area contributed by atoms with Crippen molar-refractivity contribution in [1.82, 2.24) is 15.0 Å². The lowest BCUT2D eigenvalue weighted by atomic mass is 10.1. The van der Waals surface area contributed by atoms with Crippen LogP contribution in [0.5, 0.6) is 5.75 Å². The number of hydrogen-bond donors (Lipinski definition) is 1. The summed E-state index contributed by atoms with van der Waals surface area (Å²) < 4.78 is 6.83. The van der Waals surface area contributed by atoms with Gasteiger partial charge >= 0.3 is 0 Å². The van der Waals surface area contributed by atoms with Crippen LogP contribution in [-0.4, -0.2) is 28.0 Å². The van der Waals surface area contributed by atoms with Gasteiger partial charge in [-0.1, -0.05) is 27.5 Å². The Hall–Kier alpha value is -2.42. The molecule has 0 saturated carbocycles. The third kappa shape index (κ3) is 4.08. The first-order chi connectivity index (χ1) is 14.4. The molecule has 0 atom stereocenters. The van der Waals surface area contributed by atoms with Gasteiger partial charge in [0, 0.05) is 15.2 Å². The lowest BCUT2D eigenvalue weighted by Crippen LogP contribution is -2.14. The van der Waals surface area contributed by atoms with E-state index in [4.69, 9.17) is 16.3 Å². The molecule has 152 valence electrons. The Morgan fingerprint density at radius 1 is 1.07 bits per heavy atom. The van der Waals surface area contributed by atoms with Gasteiger partial charge in [0.2, 0.25) is 0 Å². The predicted octanol–water partition coefficient (Wildman–Crippen LogP) is 6.17. The summed E-state index contributed by atoms with van der Waals surface area (Å²) in [6.45, 7) is 1.91. The molecule has 1 heterocycles. The number of anilines is 1. The zero-order valence-electron chi connectivity index (χ0n) is 15.9. The van der Waals surface area contributed by atoms with E-state index in [1.54, 1.807) is 23.0 Å². The Balaban J connectivity index is 1.69. The molecule has 4 rings (SSSR count). The van der Waals surface area contributed by atoms with Crippen molar-refractivity contribution in [1.29, 1.82) is 0 Å². The van der Waals surface area contributed by atoms with Gasteiger partial charge in [-0.15, -0.1) is 10.2 Å². The Morgan fingerprint density at radius 3 is 2.40 bits per heavy atom. The molecule has 1 N–H and O–H groups in total.